The lowest BCUT2D eigenvalue weighted by molar-refractivity contribution is 0.395. The van der Waals surface area contributed by atoms with Gasteiger partial charge in [-0.05, 0) is 43.9 Å². The number of hydrogen-bond acceptors (Lipinski definition) is 4. The molecule has 0 radical (unpaired) electrons. The molecule has 0 aliphatic heterocycles. The van der Waals surface area contributed by atoms with E-state index >= 15 is 0 Å². The summed E-state index contributed by atoms with van der Waals surface area (Å²) in [5, 5.41) is 0.0825. The van der Waals surface area contributed by atoms with Crippen LogP contribution in [0.4, 0.5) is 0 Å². The van der Waals surface area contributed by atoms with Gasteiger partial charge in [-0.15, -0.1) is 0 Å². The van der Waals surface area contributed by atoms with Crippen LogP contribution >= 0.6 is 0 Å². The van der Waals surface area contributed by atoms with Gasteiger partial charge >= 0.3 is 0 Å². The normalized spacial score (nSPS) is 17.5. The zero-order valence-corrected chi connectivity index (χ0v) is 14.2. The van der Waals surface area contributed by atoms with E-state index in [0.29, 0.717) is 11.2 Å². The van der Waals surface area contributed by atoms with Gasteiger partial charge in [0.05, 0.1) is 5.52 Å². The molecule has 3 heterocycles. The Morgan fingerprint density at radius 2 is 2.08 bits per heavy atom. The van der Waals surface area contributed by atoms with E-state index in [0.717, 1.165) is 43.6 Å². The molecule has 0 saturated heterocycles. The highest BCUT2D eigenvalue weighted by atomic mass is 16.1. The van der Waals surface area contributed by atoms with Crippen molar-refractivity contribution in [3.8, 4) is 0 Å². The van der Waals surface area contributed by atoms with Crippen LogP contribution in [0.15, 0.2) is 46.1 Å². The molecule has 1 saturated carbocycles. The highest BCUT2D eigenvalue weighted by Gasteiger charge is 2.27. The number of allylic oxidation sites excluding steroid dienone is 4. The topological polar surface area (TPSA) is 80.6 Å². The monoisotopic (exact) mass is 346 g/mol. The maximum atomic E-state index is 13.4. The van der Waals surface area contributed by atoms with Crippen LogP contribution in [-0.4, -0.2) is 19.5 Å². The van der Waals surface area contributed by atoms with Crippen LogP contribution in [0.3, 0.4) is 0 Å². The highest BCUT2D eigenvalue weighted by Crippen LogP contribution is 2.36. The number of nitrogens with zero attached hydrogens (tertiary/aromatic N) is 3. The van der Waals surface area contributed by atoms with Gasteiger partial charge in [0.2, 0.25) is 5.43 Å². The van der Waals surface area contributed by atoms with E-state index in [1.807, 2.05) is 12.2 Å². The van der Waals surface area contributed by atoms with E-state index in [2.05, 4.69) is 16.0 Å². The van der Waals surface area contributed by atoms with Crippen LogP contribution < -0.4 is 11.0 Å². The first-order valence-electron chi connectivity index (χ1n) is 9.05. The molecule has 0 atom stereocenters. The molecule has 1 N–H and O–H groups in total. The minimum Gasteiger partial charge on any atom is -0.337 e. The van der Waals surface area contributed by atoms with Crippen molar-refractivity contribution in [1.82, 2.24) is 19.5 Å². The summed E-state index contributed by atoms with van der Waals surface area (Å²) in [4.78, 5) is 38.3. The maximum Gasteiger partial charge on any atom is 0.271 e. The molecule has 6 nitrogen and oxygen atoms in total. The average molecular weight is 346 g/mol. The molecule has 3 aromatic heterocycles. The summed E-state index contributed by atoms with van der Waals surface area (Å²) >= 11 is 0. The molecule has 1 fully saturated rings. The van der Waals surface area contributed by atoms with E-state index in [1.165, 1.54) is 0 Å². The fraction of sp³-hybridized carbons (Fsp3) is 0.300. The van der Waals surface area contributed by atoms with E-state index < -0.39 is 0 Å². The molecular formula is C20H18N4O2. The molecule has 0 amide bonds. The quantitative estimate of drug-likeness (QED) is 0.723. The van der Waals surface area contributed by atoms with Crippen LogP contribution in [-0.2, 0) is 0 Å². The van der Waals surface area contributed by atoms with Crippen LogP contribution in [0, 0.1) is 0 Å². The van der Waals surface area contributed by atoms with E-state index in [-0.39, 0.29) is 27.8 Å². The second-order valence-corrected chi connectivity index (χ2v) is 6.92. The molecule has 0 unspecified atom stereocenters. The molecule has 0 aromatic carbocycles. The number of aromatic amines is 1. The van der Waals surface area contributed by atoms with Gasteiger partial charge in [-0.2, -0.15) is 0 Å². The van der Waals surface area contributed by atoms with Crippen molar-refractivity contribution in [1.29, 1.82) is 0 Å². The minimum atomic E-state index is -0.360. The fourth-order valence-electron chi connectivity index (χ4n) is 3.72. The van der Waals surface area contributed by atoms with Gasteiger partial charge in [0.1, 0.15) is 22.4 Å². The van der Waals surface area contributed by atoms with E-state index in [9.17, 15) is 9.59 Å². The van der Waals surface area contributed by atoms with Crippen LogP contribution in [0.1, 0.15) is 43.8 Å². The smallest absolute Gasteiger partial charge is 0.271 e. The summed E-state index contributed by atoms with van der Waals surface area (Å²) in [7, 11) is 0. The van der Waals surface area contributed by atoms with Crippen LogP contribution in [0.25, 0.3) is 27.8 Å². The number of H-pyrrole nitrogens is 1. The summed E-state index contributed by atoms with van der Waals surface area (Å²) in [6, 6.07) is 3.54. The molecule has 26 heavy (non-hydrogen) atoms. The first-order valence-corrected chi connectivity index (χ1v) is 9.05. The zero-order valence-electron chi connectivity index (χ0n) is 14.2. The maximum absolute atomic E-state index is 13.4. The molecule has 0 spiro atoms. The molecule has 3 aromatic rings. The SMILES string of the molecule is O=c1c2ncccc2[nH]c2nc(C3CCC3)n(C3=CCCC=C3)c(=O)c12. The Morgan fingerprint density at radius 1 is 1.19 bits per heavy atom. The van der Waals surface area contributed by atoms with E-state index in [1.54, 1.807) is 22.9 Å². The first kappa shape index (κ1) is 15.3. The second-order valence-electron chi connectivity index (χ2n) is 6.92. The van der Waals surface area contributed by atoms with Crippen LogP contribution in [0.5, 0.6) is 0 Å². The van der Waals surface area contributed by atoms with E-state index in [4.69, 9.17) is 4.98 Å². The van der Waals surface area contributed by atoms with Crippen molar-refractivity contribution in [2.45, 2.75) is 38.0 Å². The predicted molar refractivity (Wildman–Crippen MR) is 101 cm³/mol. The Labute approximate surface area is 148 Å². The van der Waals surface area contributed by atoms with Gasteiger partial charge in [0, 0.05) is 17.8 Å². The van der Waals surface area contributed by atoms with Gasteiger partial charge in [0.25, 0.3) is 5.56 Å². The average Bonchev–Trinajstić information content (AvgIpc) is 2.61. The number of hydrogen-bond donors (Lipinski definition) is 1. The number of rotatable bonds is 2. The van der Waals surface area contributed by atoms with Crippen molar-refractivity contribution < 1.29 is 0 Å². The molecule has 2 aliphatic rings. The molecular weight excluding hydrogens is 328 g/mol. The minimum absolute atomic E-state index is 0.0825. The highest BCUT2D eigenvalue weighted by molar-refractivity contribution is 5.88. The van der Waals surface area contributed by atoms with Crippen molar-refractivity contribution >= 4 is 27.8 Å². The second kappa shape index (κ2) is 5.76. The third kappa shape index (κ3) is 2.18. The molecule has 0 bridgehead atoms. The first-order chi connectivity index (χ1) is 12.7. The van der Waals surface area contributed by atoms with Crippen molar-refractivity contribution in [2.75, 3.05) is 0 Å². The lowest BCUT2D eigenvalue weighted by Crippen LogP contribution is -2.31. The number of fused-ring (bicyclic) bond motifs is 2. The zero-order chi connectivity index (χ0) is 17.7. The van der Waals surface area contributed by atoms with Crippen molar-refractivity contribution in [3.63, 3.8) is 0 Å². The van der Waals surface area contributed by atoms with Crippen LogP contribution in [0.2, 0.25) is 0 Å². The third-order valence-corrected chi connectivity index (χ3v) is 5.32. The summed E-state index contributed by atoms with van der Waals surface area (Å²) in [6.07, 6.45) is 12.7. The van der Waals surface area contributed by atoms with Gasteiger partial charge in [-0.25, -0.2) is 4.98 Å². The summed E-state index contributed by atoms with van der Waals surface area (Å²) < 4.78 is 1.64. The molecule has 2 aliphatic carbocycles. The predicted octanol–water partition coefficient (Wildman–Crippen LogP) is 3.09. The summed E-state index contributed by atoms with van der Waals surface area (Å²) in [5.74, 6) is 1.02. The number of nitrogens with one attached hydrogen (secondary N) is 1. The van der Waals surface area contributed by atoms with Gasteiger partial charge in [-0.1, -0.05) is 18.6 Å². The molecule has 5 rings (SSSR count). The number of aromatic nitrogens is 4. The Morgan fingerprint density at radius 3 is 2.81 bits per heavy atom. The summed E-state index contributed by atoms with van der Waals surface area (Å²) in [6.45, 7) is 0. The Bertz CT molecular complexity index is 1210. The number of pyridine rings is 2. The van der Waals surface area contributed by atoms with Crippen molar-refractivity contribution in [2.24, 2.45) is 0 Å². The lowest BCUT2D eigenvalue weighted by atomic mass is 9.84. The molecule has 130 valence electrons. The van der Waals surface area contributed by atoms with Gasteiger partial charge < -0.3 is 4.98 Å². The standard InChI is InChI=1S/C20H18N4O2/c25-17-15-18(22-14-10-5-11-21-16(14)17)23-19(12-6-4-7-12)24(20(15)26)13-8-2-1-3-9-13/h2,5,8-12H,1,3-4,6-7H2,(H,22,25). The van der Waals surface area contributed by atoms with Crippen molar-refractivity contribution in [3.05, 3.63) is 63.0 Å². The van der Waals surface area contributed by atoms with Gasteiger partial charge in [0.15, 0.2) is 0 Å². The molecule has 6 heteroatoms. The summed E-state index contributed by atoms with van der Waals surface area (Å²) in [5.41, 5.74) is 1.39. The Kier molecular flexibility index (Phi) is 3.38. The lowest BCUT2D eigenvalue weighted by Gasteiger charge is -2.28. The fourth-order valence-corrected chi connectivity index (χ4v) is 3.72. The van der Waals surface area contributed by atoms with Gasteiger partial charge in [-0.3, -0.25) is 19.1 Å². The largest absolute Gasteiger partial charge is 0.337 e. The Balaban J connectivity index is 1.91. The third-order valence-electron chi connectivity index (χ3n) is 5.32. The Hall–Kier alpha value is -3.02.